The van der Waals surface area contributed by atoms with Gasteiger partial charge in [-0.2, -0.15) is 0 Å². The molecule has 4 nitrogen and oxygen atoms in total. The van der Waals surface area contributed by atoms with Crippen LogP contribution in [0.1, 0.15) is 15.9 Å². The van der Waals surface area contributed by atoms with Gasteiger partial charge in [-0.1, -0.05) is 30.9 Å². The maximum absolute atomic E-state index is 12.4. The van der Waals surface area contributed by atoms with Crippen LogP contribution in [0.4, 0.5) is 0 Å². The molecular formula is C20H20O4. The zero-order chi connectivity index (χ0) is 17.4. The van der Waals surface area contributed by atoms with Gasteiger partial charge in [0.1, 0.15) is 23.9 Å². The third kappa shape index (κ3) is 4.49. The summed E-state index contributed by atoms with van der Waals surface area (Å²) in [7, 11) is 3.09. The summed E-state index contributed by atoms with van der Waals surface area (Å²) in [6.07, 6.45) is 4.96. The molecule has 0 aromatic heterocycles. The van der Waals surface area contributed by atoms with Crippen molar-refractivity contribution < 1.29 is 19.0 Å². The normalized spacial score (nSPS) is 10.4. The second kappa shape index (κ2) is 8.58. The third-order valence-corrected chi connectivity index (χ3v) is 3.35. The third-order valence-electron chi connectivity index (χ3n) is 3.35. The van der Waals surface area contributed by atoms with Crippen molar-refractivity contribution in [3.05, 3.63) is 72.3 Å². The predicted octanol–water partition coefficient (Wildman–Crippen LogP) is 4.16. The number of ketones is 1. The molecule has 0 heterocycles. The highest BCUT2D eigenvalue weighted by Gasteiger charge is 2.10. The number of benzene rings is 2. The van der Waals surface area contributed by atoms with Gasteiger partial charge in [0.05, 0.1) is 19.8 Å². The second-order valence-corrected chi connectivity index (χ2v) is 4.93. The molecule has 0 aliphatic carbocycles. The molecule has 0 spiro atoms. The van der Waals surface area contributed by atoms with E-state index in [9.17, 15) is 4.79 Å². The highest BCUT2D eigenvalue weighted by Crippen LogP contribution is 2.25. The SMILES string of the molecule is C=CCOc1ccc(C=CC(=O)c2ccc(OC)cc2OC)cc1. The smallest absolute Gasteiger partial charge is 0.189 e. The molecule has 0 amide bonds. The van der Waals surface area contributed by atoms with Crippen molar-refractivity contribution in [3.63, 3.8) is 0 Å². The van der Waals surface area contributed by atoms with Gasteiger partial charge in [-0.3, -0.25) is 4.79 Å². The monoisotopic (exact) mass is 324 g/mol. The number of carbonyl (C=O) groups is 1. The first-order valence-corrected chi connectivity index (χ1v) is 7.46. The van der Waals surface area contributed by atoms with Gasteiger partial charge in [0.2, 0.25) is 0 Å². The van der Waals surface area contributed by atoms with Gasteiger partial charge in [-0.05, 0) is 35.9 Å². The van der Waals surface area contributed by atoms with E-state index in [1.165, 1.54) is 13.2 Å². The molecule has 4 heteroatoms. The first-order chi connectivity index (χ1) is 11.7. The Labute approximate surface area is 142 Å². The molecule has 0 saturated carbocycles. The largest absolute Gasteiger partial charge is 0.497 e. The number of ether oxygens (including phenoxy) is 3. The first-order valence-electron chi connectivity index (χ1n) is 7.46. The Morgan fingerprint density at radius 3 is 2.38 bits per heavy atom. The fraction of sp³-hybridized carbons (Fsp3) is 0.150. The minimum atomic E-state index is -0.138. The van der Waals surface area contributed by atoms with Crippen LogP contribution in [-0.4, -0.2) is 26.6 Å². The Morgan fingerprint density at radius 1 is 1.04 bits per heavy atom. The van der Waals surface area contributed by atoms with Crippen LogP contribution in [-0.2, 0) is 0 Å². The highest BCUT2D eigenvalue weighted by atomic mass is 16.5. The summed E-state index contributed by atoms with van der Waals surface area (Å²) in [6.45, 7) is 4.07. The quantitative estimate of drug-likeness (QED) is 0.415. The van der Waals surface area contributed by atoms with E-state index in [1.54, 1.807) is 37.5 Å². The van der Waals surface area contributed by atoms with Crippen LogP contribution < -0.4 is 14.2 Å². The first kappa shape index (κ1) is 17.3. The Morgan fingerprint density at radius 2 is 1.75 bits per heavy atom. The molecule has 124 valence electrons. The van der Waals surface area contributed by atoms with E-state index in [1.807, 2.05) is 24.3 Å². The molecule has 0 radical (unpaired) electrons. The molecule has 2 aromatic rings. The maximum Gasteiger partial charge on any atom is 0.189 e. The average Bonchev–Trinajstić information content (AvgIpc) is 2.64. The number of methoxy groups -OCH3 is 2. The molecule has 0 N–H and O–H groups in total. The van der Waals surface area contributed by atoms with E-state index in [-0.39, 0.29) is 5.78 Å². The van der Waals surface area contributed by atoms with Gasteiger partial charge in [0.15, 0.2) is 5.78 Å². The molecule has 0 aliphatic rings. The van der Waals surface area contributed by atoms with Crippen molar-refractivity contribution >= 4 is 11.9 Å². The number of rotatable bonds is 8. The highest BCUT2D eigenvalue weighted by molar-refractivity contribution is 6.08. The summed E-state index contributed by atoms with van der Waals surface area (Å²) in [5.74, 6) is 1.75. The van der Waals surface area contributed by atoms with E-state index in [2.05, 4.69) is 6.58 Å². The molecule has 0 bridgehead atoms. The Kier molecular flexibility index (Phi) is 6.20. The summed E-state index contributed by atoms with van der Waals surface area (Å²) < 4.78 is 15.8. The van der Waals surface area contributed by atoms with Crippen molar-refractivity contribution in [3.8, 4) is 17.2 Å². The van der Waals surface area contributed by atoms with Crippen LogP contribution >= 0.6 is 0 Å². The molecule has 24 heavy (non-hydrogen) atoms. The summed E-state index contributed by atoms with van der Waals surface area (Å²) in [5, 5.41) is 0. The van der Waals surface area contributed by atoms with E-state index >= 15 is 0 Å². The van der Waals surface area contributed by atoms with E-state index < -0.39 is 0 Å². The number of hydrogen-bond acceptors (Lipinski definition) is 4. The van der Waals surface area contributed by atoms with Gasteiger partial charge in [-0.25, -0.2) is 0 Å². The molecule has 0 fully saturated rings. The van der Waals surface area contributed by atoms with Crippen LogP contribution in [0.3, 0.4) is 0 Å². The van der Waals surface area contributed by atoms with E-state index in [0.29, 0.717) is 23.7 Å². The fourth-order valence-corrected chi connectivity index (χ4v) is 2.09. The lowest BCUT2D eigenvalue weighted by atomic mass is 10.1. The van der Waals surface area contributed by atoms with Crippen molar-refractivity contribution in [1.29, 1.82) is 0 Å². The Balaban J connectivity index is 2.11. The minimum absolute atomic E-state index is 0.138. The minimum Gasteiger partial charge on any atom is -0.497 e. The molecule has 2 rings (SSSR count). The van der Waals surface area contributed by atoms with E-state index in [0.717, 1.165) is 11.3 Å². The molecule has 0 saturated heterocycles. The van der Waals surface area contributed by atoms with Crippen LogP contribution in [0.25, 0.3) is 6.08 Å². The lowest BCUT2D eigenvalue weighted by Crippen LogP contribution is -1.99. The maximum atomic E-state index is 12.4. The van der Waals surface area contributed by atoms with Gasteiger partial charge in [-0.15, -0.1) is 0 Å². The molecular weight excluding hydrogens is 304 g/mol. The van der Waals surface area contributed by atoms with Gasteiger partial charge in [0.25, 0.3) is 0 Å². The van der Waals surface area contributed by atoms with E-state index in [4.69, 9.17) is 14.2 Å². The predicted molar refractivity (Wildman–Crippen MR) is 95.0 cm³/mol. The summed E-state index contributed by atoms with van der Waals surface area (Å²) in [6, 6.07) is 12.6. The van der Waals surface area contributed by atoms with Crippen molar-refractivity contribution in [2.75, 3.05) is 20.8 Å². The zero-order valence-electron chi connectivity index (χ0n) is 13.8. The number of allylic oxidation sites excluding steroid dienone is 1. The number of hydrogen-bond donors (Lipinski definition) is 0. The van der Waals surface area contributed by atoms with Crippen molar-refractivity contribution in [1.82, 2.24) is 0 Å². The fourth-order valence-electron chi connectivity index (χ4n) is 2.09. The van der Waals surface area contributed by atoms with Crippen LogP contribution in [0.5, 0.6) is 17.2 Å². The van der Waals surface area contributed by atoms with Crippen molar-refractivity contribution in [2.45, 2.75) is 0 Å². The second-order valence-electron chi connectivity index (χ2n) is 4.93. The molecule has 0 atom stereocenters. The molecule has 0 unspecified atom stereocenters. The Hall–Kier alpha value is -3.01. The summed E-state index contributed by atoms with van der Waals surface area (Å²) in [4.78, 5) is 12.4. The van der Waals surface area contributed by atoms with Crippen LogP contribution in [0.2, 0.25) is 0 Å². The van der Waals surface area contributed by atoms with Gasteiger partial charge < -0.3 is 14.2 Å². The summed E-state index contributed by atoms with van der Waals surface area (Å²) in [5.41, 5.74) is 1.39. The topological polar surface area (TPSA) is 44.8 Å². The Bertz CT molecular complexity index is 730. The molecule has 0 aliphatic heterocycles. The summed E-state index contributed by atoms with van der Waals surface area (Å²) >= 11 is 0. The average molecular weight is 324 g/mol. The lowest BCUT2D eigenvalue weighted by Gasteiger charge is -2.08. The lowest BCUT2D eigenvalue weighted by molar-refractivity contribution is 0.104. The standard InChI is InChI=1S/C20H20O4/c1-4-13-24-16-8-5-15(6-9-16)7-12-19(21)18-11-10-17(22-2)14-20(18)23-3/h4-12,14H,1,13H2,2-3H3. The van der Waals surface area contributed by atoms with Crippen molar-refractivity contribution in [2.24, 2.45) is 0 Å². The van der Waals surface area contributed by atoms with Crippen LogP contribution in [0, 0.1) is 0 Å². The number of carbonyl (C=O) groups excluding carboxylic acids is 1. The molecule has 2 aromatic carbocycles. The van der Waals surface area contributed by atoms with Crippen LogP contribution in [0.15, 0.2) is 61.2 Å². The zero-order valence-corrected chi connectivity index (χ0v) is 13.8. The van der Waals surface area contributed by atoms with Gasteiger partial charge >= 0.3 is 0 Å². The van der Waals surface area contributed by atoms with Gasteiger partial charge in [0, 0.05) is 6.07 Å².